The van der Waals surface area contributed by atoms with Gasteiger partial charge in [-0.2, -0.15) is 0 Å². The zero-order valence-electron chi connectivity index (χ0n) is 15.4. The zero-order valence-corrected chi connectivity index (χ0v) is 16.9. The topological polar surface area (TPSA) is 76.1 Å². The average Bonchev–Trinajstić information content (AvgIpc) is 3.48. The van der Waals surface area contributed by atoms with E-state index in [-0.39, 0.29) is 18.1 Å². The molecule has 5 rings (SSSR count). The largest absolute Gasteiger partial charge is 0.507 e. The minimum absolute atomic E-state index is 0.0243. The number of thiophene rings is 1. The summed E-state index contributed by atoms with van der Waals surface area (Å²) in [6, 6.07) is 14.5. The van der Waals surface area contributed by atoms with E-state index in [1.807, 2.05) is 17.5 Å². The minimum atomic E-state index is -0.753. The normalized spacial score (nSPS) is 19.5. The Morgan fingerprint density at radius 3 is 2.57 bits per heavy atom. The first-order valence-electron chi connectivity index (χ1n) is 9.04. The van der Waals surface area contributed by atoms with Crippen LogP contribution in [0, 0.1) is 0 Å². The van der Waals surface area contributed by atoms with Crippen molar-refractivity contribution in [1.82, 2.24) is 0 Å². The Balaban J connectivity index is 1.68. The minimum Gasteiger partial charge on any atom is -0.507 e. The van der Waals surface area contributed by atoms with Crippen LogP contribution < -0.4 is 14.4 Å². The highest BCUT2D eigenvalue weighted by atomic mass is 35.5. The van der Waals surface area contributed by atoms with Gasteiger partial charge in [0.05, 0.1) is 5.57 Å². The monoisotopic (exact) mass is 439 g/mol. The predicted octanol–water partition coefficient (Wildman–Crippen LogP) is 4.76. The van der Waals surface area contributed by atoms with Gasteiger partial charge in [-0.1, -0.05) is 17.7 Å². The predicted molar refractivity (Wildman–Crippen MR) is 113 cm³/mol. The number of anilines is 1. The fourth-order valence-electron chi connectivity index (χ4n) is 3.62. The highest BCUT2D eigenvalue weighted by molar-refractivity contribution is 7.10. The van der Waals surface area contributed by atoms with Gasteiger partial charge in [0.15, 0.2) is 11.5 Å². The molecule has 3 aromatic rings. The molecular weight excluding hydrogens is 426 g/mol. The second-order valence-electron chi connectivity index (χ2n) is 6.73. The number of ether oxygens (including phenoxy) is 2. The van der Waals surface area contributed by atoms with Crippen LogP contribution in [0.3, 0.4) is 0 Å². The molecule has 6 nitrogen and oxygen atoms in total. The molecule has 2 aliphatic heterocycles. The van der Waals surface area contributed by atoms with Gasteiger partial charge < -0.3 is 14.6 Å². The Morgan fingerprint density at radius 1 is 1.07 bits per heavy atom. The smallest absolute Gasteiger partial charge is 0.300 e. The maximum Gasteiger partial charge on any atom is 0.300 e. The van der Waals surface area contributed by atoms with E-state index in [0.29, 0.717) is 27.8 Å². The van der Waals surface area contributed by atoms with E-state index in [1.165, 1.54) is 16.2 Å². The second-order valence-corrected chi connectivity index (χ2v) is 8.14. The Labute approximate surface area is 180 Å². The first kappa shape index (κ1) is 18.7. The standard InChI is InChI=1S/C22H14ClNO5S/c23-13-4-6-14(7-5-13)24-19(17-2-1-9-30-17)18(21(26)22(24)27)20(25)12-3-8-15-16(10-12)29-11-28-15/h1-10,19,25H,11H2/b20-18-. The summed E-state index contributed by atoms with van der Waals surface area (Å²) in [4.78, 5) is 28.2. The number of Topliss-reactive ketones (excluding diaryl/α,β-unsaturated/α-hetero) is 1. The van der Waals surface area contributed by atoms with E-state index < -0.39 is 17.7 Å². The number of fused-ring (bicyclic) bond motifs is 1. The molecule has 1 N–H and O–H groups in total. The van der Waals surface area contributed by atoms with Crippen molar-refractivity contribution in [2.45, 2.75) is 6.04 Å². The third-order valence-electron chi connectivity index (χ3n) is 5.01. The number of rotatable bonds is 3. The van der Waals surface area contributed by atoms with Crippen LogP contribution in [0.2, 0.25) is 5.02 Å². The lowest BCUT2D eigenvalue weighted by Gasteiger charge is -2.24. The molecule has 1 atom stereocenters. The number of aliphatic hydroxyl groups excluding tert-OH is 1. The van der Waals surface area contributed by atoms with Crippen molar-refractivity contribution < 1.29 is 24.2 Å². The molecule has 0 aliphatic carbocycles. The van der Waals surface area contributed by atoms with Gasteiger partial charge in [0.2, 0.25) is 6.79 Å². The summed E-state index contributed by atoms with van der Waals surface area (Å²) in [5.41, 5.74) is 0.913. The molecular formula is C22H14ClNO5S. The van der Waals surface area contributed by atoms with Crippen LogP contribution in [-0.2, 0) is 9.59 Å². The molecule has 1 amide bonds. The SMILES string of the molecule is O=C1C(=O)N(c2ccc(Cl)cc2)C(c2cccs2)/C1=C(/O)c1ccc2c(c1)OCO2. The lowest BCUT2D eigenvalue weighted by atomic mass is 9.99. The Morgan fingerprint density at radius 2 is 1.83 bits per heavy atom. The van der Waals surface area contributed by atoms with Gasteiger partial charge in [-0.05, 0) is 53.9 Å². The lowest BCUT2D eigenvalue weighted by Crippen LogP contribution is -2.29. The van der Waals surface area contributed by atoms with Crippen LogP contribution >= 0.6 is 22.9 Å². The Hall–Kier alpha value is -3.29. The van der Waals surface area contributed by atoms with Gasteiger partial charge >= 0.3 is 0 Å². The van der Waals surface area contributed by atoms with Crippen LogP contribution in [0.15, 0.2) is 65.6 Å². The number of carbonyl (C=O) groups is 2. The van der Waals surface area contributed by atoms with Gasteiger partial charge in [-0.3, -0.25) is 14.5 Å². The van der Waals surface area contributed by atoms with Gasteiger partial charge in [0, 0.05) is 21.2 Å². The number of ketones is 1. The van der Waals surface area contributed by atoms with Gasteiger partial charge in [-0.15, -0.1) is 11.3 Å². The Kier molecular flexibility index (Phi) is 4.49. The van der Waals surface area contributed by atoms with Crippen molar-refractivity contribution in [1.29, 1.82) is 0 Å². The van der Waals surface area contributed by atoms with E-state index >= 15 is 0 Å². The molecule has 2 aliphatic rings. The second kappa shape index (κ2) is 7.19. The van der Waals surface area contributed by atoms with E-state index in [1.54, 1.807) is 42.5 Å². The van der Waals surface area contributed by atoms with E-state index in [2.05, 4.69) is 0 Å². The van der Waals surface area contributed by atoms with Crippen molar-refractivity contribution in [3.8, 4) is 11.5 Å². The summed E-state index contributed by atoms with van der Waals surface area (Å²) >= 11 is 7.39. The van der Waals surface area contributed by atoms with Crippen LogP contribution in [0.1, 0.15) is 16.5 Å². The van der Waals surface area contributed by atoms with Crippen LogP contribution in [0.4, 0.5) is 5.69 Å². The quantitative estimate of drug-likeness (QED) is 0.362. The summed E-state index contributed by atoms with van der Waals surface area (Å²) in [6.45, 7) is 0.0930. The number of nitrogens with zero attached hydrogens (tertiary/aromatic N) is 1. The maximum absolute atomic E-state index is 13.0. The average molecular weight is 440 g/mol. The van der Waals surface area contributed by atoms with E-state index in [4.69, 9.17) is 21.1 Å². The van der Waals surface area contributed by atoms with Crippen LogP contribution in [0.5, 0.6) is 11.5 Å². The lowest BCUT2D eigenvalue weighted by molar-refractivity contribution is -0.132. The highest BCUT2D eigenvalue weighted by Crippen LogP contribution is 2.44. The molecule has 1 fully saturated rings. The molecule has 0 saturated carbocycles. The molecule has 30 heavy (non-hydrogen) atoms. The van der Waals surface area contributed by atoms with E-state index in [9.17, 15) is 14.7 Å². The van der Waals surface area contributed by atoms with Gasteiger partial charge in [0.1, 0.15) is 11.8 Å². The van der Waals surface area contributed by atoms with Gasteiger partial charge in [-0.25, -0.2) is 0 Å². The first-order valence-corrected chi connectivity index (χ1v) is 10.3. The number of aliphatic hydroxyl groups is 1. The highest BCUT2D eigenvalue weighted by Gasteiger charge is 2.47. The molecule has 0 spiro atoms. The number of hydrogen-bond acceptors (Lipinski definition) is 6. The maximum atomic E-state index is 13.0. The molecule has 1 aromatic heterocycles. The number of amides is 1. The van der Waals surface area contributed by atoms with Gasteiger partial charge in [0.25, 0.3) is 11.7 Å². The summed E-state index contributed by atoms with van der Waals surface area (Å²) in [5, 5.41) is 13.5. The van der Waals surface area contributed by atoms with Crippen molar-refractivity contribution in [3.05, 3.63) is 81.0 Å². The van der Waals surface area contributed by atoms with Crippen molar-refractivity contribution in [2.24, 2.45) is 0 Å². The van der Waals surface area contributed by atoms with Crippen LogP contribution in [0.25, 0.3) is 5.76 Å². The van der Waals surface area contributed by atoms with Crippen molar-refractivity contribution in [2.75, 3.05) is 11.7 Å². The number of halogens is 1. The molecule has 0 bridgehead atoms. The molecule has 8 heteroatoms. The summed E-state index contributed by atoms with van der Waals surface area (Å²) < 4.78 is 10.7. The van der Waals surface area contributed by atoms with E-state index in [0.717, 1.165) is 4.88 Å². The summed E-state index contributed by atoms with van der Waals surface area (Å²) in [6.07, 6.45) is 0. The fourth-order valence-corrected chi connectivity index (χ4v) is 4.57. The number of carbonyl (C=O) groups excluding carboxylic acids is 2. The zero-order chi connectivity index (χ0) is 20.8. The van der Waals surface area contributed by atoms with Crippen molar-refractivity contribution >= 4 is 46.1 Å². The first-order chi connectivity index (χ1) is 14.5. The number of hydrogen-bond donors (Lipinski definition) is 1. The fraction of sp³-hybridized carbons (Fsp3) is 0.0909. The Bertz CT molecular complexity index is 1190. The molecule has 1 unspecified atom stereocenters. The molecule has 1 saturated heterocycles. The molecule has 2 aromatic carbocycles. The molecule has 3 heterocycles. The summed E-state index contributed by atoms with van der Waals surface area (Å²) in [5.74, 6) is -0.695. The third-order valence-corrected chi connectivity index (χ3v) is 6.18. The number of benzene rings is 2. The van der Waals surface area contributed by atoms with Crippen LogP contribution in [-0.4, -0.2) is 23.6 Å². The third kappa shape index (κ3) is 2.94. The molecule has 0 radical (unpaired) electrons. The van der Waals surface area contributed by atoms with Crippen molar-refractivity contribution in [3.63, 3.8) is 0 Å². The summed E-state index contributed by atoms with van der Waals surface area (Å²) in [7, 11) is 0. The molecule has 150 valence electrons.